The smallest absolute Gasteiger partial charge is 0.306 e. The van der Waals surface area contributed by atoms with Gasteiger partial charge in [0.25, 0.3) is 0 Å². The van der Waals surface area contributed by atoms with Crippen molar-refractivity contribution in [1.29, 1.82) is 0 Å². The molecule has 0 fully saturated rings. The summed E-state index contributed by atoms with van der Waals surface area (Å²) < 4.78 is 17.0. The van der Waals surface area contributed by atoms with Crippen molar-refractivity contribution in [3.05, 3.63) is 60.8 Å². The van der Waals surface area contributed by atoms with E-state index in [9.17, 15) is 14.4 Å². The van der Waals surface area contributed by atoms with Gasteiger partial charge in [0.15, 0.2) is 6.10 Å². The first-order valence-electron chi connectivity index (χ1n) is 35.3. The molecule has 1 atom stereocenters. The molecule has 0 N–H and O–H groups in total. The Morgan fingerprint density at radius 2 is 0.450 bits per heavy atom. The largest absolute Gasteiger partial charge is 0.462 e. The fraction of sp³-hybridized carbons (Fsp3) is 0.824. The molecule has 0 aliphatic rings. The van der Waals surface area contributed by atoms with Gasteiger partial charge in [0.2, 0.25) is 0 Å². The molecule has 466 valence electrons. The summed E-state index contributed by atoms with van der Waals surface area (Å²) in [5, 5.41) is 0. The van der Waals surface area contributed by atoms with Crippen molar-refractivity contribution in [2.45, 2.75) is 380 Å². The van der Waals surface area contributed by atoms with Gasteiger partial charge in [-0.3, -0.25) is 14.4 Å². The van der Waals surface area contributed by atoms with Crippen molar-refractivity contribution in [3.8, 4) is 0 Å². The highest BCUT2D eigenvalue weighted by Gasteiger charge is 2.19. The van der Waals surface area contributed by atoms with Gasteiger partial charge in [-0.15, -0.1) is 0 Å². The lowest BCUT2D eigenvalue weighted by Crippen LogP contribution is -2.30. The first kappa shape index (κ1) is 77.1. The van der Waals surface area contributed by atoms with E-state index in [2.05, 4.69) is 81.5 Å². The van der Waals surface area contributed by atoms with Gasteiger partial charge in [0.05, 0.1) is 0 Å². The molecule has 80 heavy (non-hydrogen) atoms. The third-order valence-electron chi connectivity index (χ3n) is 15.7. The zero-order valence-corrected chi connectivity index (χ0v) is 53.6. The Hall–Kier alpha value is -2.89. The Morgan fingerprint density at radius 1 is 0.250 bits per heavy atom. The van der Waals surface area contributed by atoms with E-state index >= 15 is 0 Å². The summed E-state index contributed by atoms with van der Waals surface area (Å²) in [5.74, 6) is -0.865. The van der Waals surface area contributed by atoms with Gasteiger partial charge in [-0.1, -0.05) is 306 Å². The van der Waals surface area contributed by atoms with Gasteiger partial charge >= 0.3 is 17.9 Å². The molecule has 0 saturated carbocycles. The summed E-state index contributed by atoms with van der Waals surface area (Å²) in [7, 11) is 0. The van der Waals surface area contributed by atoms with E-state index in [0.29, 0.717) is 19.3 Å². The number of esters is 3. The number of hydrogen-bond donors (Lipinski definition) is 0. The van der Waals surface area contributed by atoms with Crippen LogP contribution in [0.1, 0.15) is 374 Å². The molecule has 0 heterocycles. The lowest BCUT2D eigenvalue weighted by molar-refractivity contribution is -0.167. The number of carbonyl (C=O) groups excluding carboxylic acids is 3. The van der Waals surface area contributed by atoms with E-state index in [0.717, 1.165) is 77.0 Å². The second-order valence-electron chi connectivity index (χ2n) is 23.8. The van der Waals surface area contributed by atoms with E-state index < -0.39 is 6.10 Å². The molecule has 6 nitrogen and oxygen atoms in total. The first-order chi connectivity index (χ1) is 39.5. The number of allylic oxidation sites excluding steroid dienone is 10. The Morgan fingerprint density at radius 3 is 0.725 bits per heavy atom. The van der Waals surface area contributed by atoms with Crippen LogP contribution in [0.4, 0.5) is 0 Å². The van der Waals surface area contributed by atoms with Crippen LogP contribution in [0.5, 0.6) is 0 Å². The van der Waals surface area contributed by atoms with Crippen LogP contribution in [0.2, 0.25) is 0 Å². The maximum Gasteiger partial charge on any atom is 0.306 e. The normalized spacial score (nSPS) is 12.4. The van der Waals surface area contributed by atoms with Crippen LogP contribution in [0.15, 0.2) is 60.8 Å². The van der Waals surface area contributed by atoms with Crippen LogP contribution in [0, 0.1) is 0 Å². The van der Waals surface area contributed by atoms with Crippen LogP contribution >= 0.6 is 0 Å². The lowest BCUT2D eigenvalue weighted by Gasteiger charge is -2.18. The molecular formula is C74H134O6. The Bertz CT molecular complexity index is 1430. The van der Waals surface area contributed by atoms with Gasteiger partial charge in [-0.05, 0) is 109 Å². The van der Waals surface area contributed by atoms with Crippen molar-refractivity contribution in [3.63, 3.8) is 0 Å². The van der Waals surface area contributed by atoms with Crippen molar-refractivity contribution in [2.75, 3.05) is 13.2 Å². The van der Waals surface area contributed by atoms with Crippen molar-refractivity contribution in [1.82, 2.24) is 0 Å². The molecule has 0 rings (SSSR count). The van der Waals surface area contributed by atoms with E-state index in [1.54, 1.807) is 0 Å². The Labute approximate surface area is 498 Å². The molecular weight excluding hydrogens is 985 g/mol. The van der Waals surface area contributed by atoms with Crippen molar-refractivity contribution in [2.24, 2.45) is 0 Å². The second-order valence-corrected chi connectivity index (χ2v) is 23.8. The van der Waals surface area contributed by atoms with Crippen molar-refractivity contribution >= 4 is 17.9 Å². The summed E-state index contributed by atoms with van der Waals surface area (Å²) >= 11 is 0. The lowest BCUT2D eigenvalue weighted by atomic mass is 10.0. The van der Waals surface area contributed by atoms with Crippen LogP contribution in [-0.4, -0.2) is 37.2 Å². The van der Waals surface area contributed by atoms with Crippen molar-refractivity contribution < 1.29 is 28.6 Å². The van der Waals surface area contributed by atoms with Crippen LogP contribution in [0.3, 0.4) is 0 Å². The van der Waals surface area contributed by atoms with Gasteiger partial charge in [0, 0.05) is 19.3 Å². The number of rotatable bonds is 65. The Kier molecular flexibility index (Phi) is 66.1. The SMILES string of the molecule is CCCCC/C=C\CCCCCCCC(=O)OCC(COC(=O)CCCCCCCCCCCCCCCCC/C=C\C/C=C\CCCCCCC)OC(=O)CCCCCCCCCCCCC/C=C\C/C=C\CCCCCCC. The summed E-state index contributed by atoms with van der Waals surface area (Å²) in [6.07, 6.45) is 88.2. The number of unbranched alkanes of at least 4 members (excludes halogenated alkanes) is 44. The predicted octanol–water partition coefficient (Wildman–Crippen LogP) is 24.3. The highest BCUT2D eigenvalue weighted by Crippen LogP contribution is 2.18. The van der Waals surface area contributed by atoms with Crippen LogP contribution in [-0.2, 0) is 28.6 Å². The predicted molar refractivity (Wildman–Crippen MR) is 348 cm³/mol. The fourth-order valence-corrected chi connectivity index (χ4v) is 10.4. The number of carbonyl (C=O) groups is 3. The number of hydrogen-bond acceptors (Lipinski definition) is 6. The summed E-state index contributed by atoms with van der Waals surface area (Å²) in [4.78, 5) is 38.4. The number of ether oxygens (including phenoxy) is 3. The van der Waals surface area contributed by atoms with E-state index in [-0.39, 0.29) is 31.1 Å². The molecule has 0 aromatic heterocycles. The van der Waals surface area contributed by atoms with Crippen LogP contribution < -0.4 is 0 Å². The van der Waals surface area contributed by atoms with E-state index in [1.807, 2.05) is 0 Å². The molecule has 0 saturated heterocycles. The standard InChI is InChI=1S/C74H134O6/c1-4-7-10-13-16-19-22-25-27-29-31-33-35-36-37-38-40-41-43-45-47-49-52-55-58-61-64-67-73(76)79-70-71(69-78-72(75)66-63-60-57-54-51-24-21-18-15-12-9-6-3)80-74(77)68-65-62-59-56-53-50-48-46-44-42-39-34-32-30-28-26-23-20-17-14-11-8-5-2/h18,21-23,25-26,29-32,71H,4-17,19-20,24,27-28,33-70H2,1-3H3/b21-18-,25-22-,26-23-,31-29-,32-30-. The molecule has 0 aliphatic heterocycles. The van der Waals surface area contributed by atoms with E-state index in [1.165, 1.54) is 257 Å². The molecule has 0 aliphatic carbocycles. The minimum Gasteiger partial charge on any atom is -0.462 e. The summed E-state index contributed by atoms with van der Waals surface area (Å²) in [6, 6.07) is 0. The zero-order valence-electron chi connectivity index (χ0n) is 53.6. The topological polar surface area (TPSA) is 78.9 Å². The molecule has 0 bridgehead atoms. The quantitative estimate of drug-likeness (QED) is 0.0261. The third kappa shape index (κ3) is 65.9. The molecule has 0 aromatic carbocycles. The van der Waals surface area contributed by atoms with Gasteiger partial charge < -0.3 is 14.2 Å². The monoisotopic (exact) mass is 1120 g/mol. The maximum atomic E-state index is 12.9. The van der Waals surface area contributed by atoms with Gasteiger partial charge in [-0.2, -0.15) is 0 Å². The molecule has 6 heteroatoms. The van der Waals surface area contributed by atoms with E-state index in [4.69, 9.17) is 14.2 Å². The molecule has 1 unspecified atom stereocenters. The maximum absolute atomic E-state index is 12.9. The molecule has 0 amide bonds. The Balaban J connectivity index is 4.22. The summed E-state index contributed by atoms with van der Waals surface area (Å²) in [6.45, 7) is 6.64. The molecule has 0 radical (unpaired) electrons. The molecule has 0 aromatic rings. The minimum atomic E-state index is -0.779. The van der Waals surface area contributed by atoms with Gasteiger partial charge in [-0.25, -0.2) is 0 Å². The second kappa shape index (κ2) is 68.6. The average molecular weight is 1120 g/mol. The van der Waals surface area contributed by atoms with Crippen LogP contribution in [0.25, 0.3) is 0 Å². The average Bonchev–Trinajstić information content (AvgIpc) is 3.46. The van der Waals surface area contributed by atoms with Gasteiger partial charge in [0.1, 0.15) is 13.2 Å². The fourth-order valence-electron chi connectivity index (χ4n) is 10.4. The highest BCUT2D eigenvalue weighted by molar-refractivity contribution is 5.71. The first-order valence-corrected chi connectivity index (χ1v) is 35.3. The third-order valence-corrected chi connectivity index (χ3v) is 15.7. The molecule has 0 spiro atoms. The minimum absolute atomic E-state index is 0.0746. The highest BCUT2D eigenvalue weighted by atomic mass is 16.6. The summed E-state index contributed by atoms with van der Waals surface area (Å²) in [5.41, 5.74) is 0. The zero-order chi connectivity index (χ0) is 57.8.